The number of hydrogen-bond donors (Lipinski definition) is 2. The van der Waals surface area contributed by atoms with Crippen LogP contribution in [-0.4, -0.2) is 9.97 Å². The smallest absolute Gasteiger partial charge is 0.256 e. The highest BCUT2D eigenvalue weighted by atomic mass is 35.5. The quantitative estimate of drug-likeness (QED) is 0.705. The SMILES string of the molecule is C=c1cc2[nH]c(=O)/c(=C/c3cccc(Cl)c3F)c-2c[nH]1. The highest BCUT2D eigenvalue weighted by molar-refractivity contribution is 6.30. The fourth-order valence-electron chi connectivity index (χ4n) is 2.11. The highest BCUT2D eigenvalue weighted by Crippen LogP contribution is 2.18. The van der Waals surface area contributed by atoms with Gasteiger partial charge in [0.15, 0.2) is 0 Å². The molecule has 0 saturated heterocycles. The Labute approximate surface area is 118 Å². The number of halogens is 2. The van der Waals surface area contributed by atoms with Crippen molar-refractivity contribution < 1.29 is 4.39 Å². The van der Waals surface area contributed by atoms with Crippen LogP contribution in [0.2, 0.25) is 5.02 Å². The molecule has 2 aliphatic heterocycles. The van der Waals surface area contributed by atoms with Crippen molar-refractivity contribution >= 4 is 24.3 Å². The van der Waals surface area contributed by atoms with E-state index in [1.54, 1.807) is 24.4 Å². The fourth-order valence-corrected chi connectivity index (χ4v) is 2.29. The van der Waals surface area contributed by atoms with Crippen molar-refractivity contribution in [3.63, 3.8) is 0 Å². The number of H-pyrrole nitrogens is 2. The van der Waals surface area contributed by atoms with E-state index in [2.05, 4.69) is 16.5 Å². The van der Waals surface area contributed by atoms with Gasteiger partial charge in [-0.05, 0) is 18.2 Å². The van der Waals surface area contributed by atoms with E-state index in [-0.39, 0.29) is 16.1 Å². The van der Waals surface area contributed by atoms with Crippen molar-refractivity contribution in [1.82, 2.24) is 9.97 Å². The van der Waals surface area contributed by atoms with Crippen LogP contribution in [0.15, 0.2) is 35.3 Å². The normalized spacial score (nSPS) is 12.2. The summed E-state index contributed by atoms with van der Waals surface area (Å²) in [5, 5.41) is 1.09. The van der Waals surface area contributed by atoms with Crippen molar-refractivity contribution in [2.45, 2.75) is 0 Å². The predicted molar refractivity (Wildman–Crippen MR) is 77.8 cm³/mol. The number of hydrogen-bond acceptors (Lipinski definition) is 1. The second-order valence-corrected chi connectivity index (χ2v) is 4.85. The van der Waals surface area contributed by atoms with Gasteiger partial charge in [0.05, 0.1) is 15.9 Å². The van der Waals surface area contributed by atoms with Crippen LogP contribution >= 0.6 is 11.6 Å². The molecule has 2 N–H and O–H groups in total. The highest BCUT2D eigenvalue weighted by Gasteiger charge is 2.10. The maximum absolute atomic E-state index is 13.9. The summed E-state index contributed by atoms with van der Waals surface area (Å²) in [7, 11) is 0. The maximum atomic E-state index is 13.9. The molecule has 1 aromatic rings. The Morgan fingerprint density at radius 1 is 1.35 bits per heavy atom. The molecule has 3 rings (SSSR count). The molecule has 1 aromatic carbocycles. The minimum absolute atomic E-state index is 0.0256. The summed E-state index contributed by atoms with van der Waals surface area (Å²) >= 11 is 5.74. The van der Waals surface area contributed by atoms with Crippen molar-refractivity contribution in [2.24, 2.45) is 0 Å². The Morgan fingerprint density at radius 3 is 2.95 bits per heavy atom. The number of benzene rings is 1. The first-order chi connectivity index (χ1) is 9.56. The third kappa shape index (κ3) is 2.04. The van der Waals surface area contributed by atoms with Gasteiger partial charge in [0, 0.05) is 22.7 Å². The zero-order chi connectivity index (χ0) is 14.3. The molecule has 2 aliphatic rings. The van der Waals surface area contributed by atoms with E-state index in [1.165, 1.54) is 12.1 Å². The molecule has 3 nitrogen and oxygen atoms in total. The van der Waals surface area contributed by atoms with E-state index in [1.807, 2.05) is 0 Å². The van der Waals surface area contributed by atoms with Crippen LogP contribution < -0.4 is 16.1 Å². The number of aromatic nitrogens is 2. The Morgan fingerprint density at radius 2 is 2.15 bits per heavy atom. The molecule has 0 radical (unpaired) electrons. The molecule has 0 saturated carbocycles. The summed E-state index contributed by atoms with van der Waals surface area (Å²) in [5.41, 5.74) is 1.33. The van der Waals surface area contributed by atoms with Crippen LogP contribution in [0, 0.1) is 5.82 Å². The van der Waals surface area contributed by atoms with E-state index >= 15 is 0 Å². The largest absolute Gasteiger partial charge is 0.361 e. The van der Waals surface area contributed by atoms with Gasteiger partial charge in [-0.25, -0.2) is 4.39 Å². The van der Waals surface area contributed by atoms with E-state index in [9.17, 15) is 9.18 Å². The van der Waals surface area contributed by atoms with Gasteiger partial charge in [-0.2, -0.15) is 0 Å². The Kier molecular flexibility index (Phi) is 2.95. The van der Waals surface area contributed by atoms with Crippen LogP contribution in [0.4, 0.5) is 4.39 Å². The average molecular weight is 289 g/mol. The molecule has 0 spiro atoms. The first-order valence-electron chi connectivity index (χ1n) is 5.91. The zero-order valence-electron chi connectivity index (χ0n) is 10.3. The van der Waals surface area contributed by atoms with Gasteiger partial charge in [0.1, 0.15) is 5.82 Å². The maximum Gasteiger partial charge on any atom is 0.256 e. The molecule has 100 valence electrons. The van der Waals surface area contributed by atoms with Gasteiger partial charge < -0.3 is 9.97 Å². The molecule has 0 aliphatic carbocycles. The molecule has 0 amide bonds. The number of nitrogens with one attached hydrogen (secondary N) is 2. The molecule has 20 heavy (non-hydrogen) atoms. The number of aromatic amines is 2. The standard InChI is InChI=1S/C15H10ClFN2O/c1-8-5-13-11(7-18-8)10(15(20)19-13)6-9-3-2-4-12(16)14(9)17/h2-7,18H,1H2,(H,19,20)/b10-6+. The third-order valence-electron chi connectivity index (χ3n) is 3.07. The van der Waals surface area contributed by atoms with Crippen LogP contribution in [0.1, 0.15) is 5.56 Å². The zero-order valence-corrected chi connectivity index (χ0v) is 11.1. The van der Waals surface area contributed by atoms with Gasteiger partial charge in [0.25, 0.3) is 5.56 Å². The summed E-state index contributed by atoms with van der Waals surface area (Å²) in [6.07, 6.45) is 3.16. The molecule has 5 heteroatoms. The van der Waals surface area contributed by atoms with Crippen LogP contribution in [0.5, 0.6) is 0 Å². The summed E-state index contributed by atoms with van der Waals surface area (Å²) in [4.78, 5) is 17.6. The first-order valence-corrected chi connectivity index (χ1v) is 6.29. The number of pyridine rings is 1. The molecule has 0 bridgehead atoms. The monoisotopic (exact) mass is 288 g/mol. The van der Waals surface area contributed by atoms with Crippen molar-refractivity contribution in [3.8, 4) is 11.3 Å². The lowest BCUT2D eigenvalue weighted by Crippen LogP contribution is -2.21. The molecule has 0 aromatic heterocycles. The van der Waals surface area contributed by atoms with Crippen molar-refractivity contribution in [3.05, 3.63) is 67.8 Å². The van der Waals surface area contributed by atoms with Crippen LogP contribution in [0.3, 0.4) is 0 Å². The second kappa shape index (κ2) is 4.65. The van der Waals surface area contributed by atoms with Crippen molar-refractivity contribution in [2.75, 3.05) is 0 Å². The molecule has 2 heterocycles. The molecule has 0 atom stereocenters. The van der Waals surface area contributed by atoms with Crippen LogP contribution in [0.25, 0.3) is 23.9 Å². The topological polar surface area (TPSA) is 48.6 Å². The molecule has 0 unspecified atom stereocenters. The third-order valence-corrected chi connectivity index (χ3v) is 3.37. The lowest BCUT2D eigenvalue weighted by Gasteiger charge is -1.99. The van der Waals surface area contributed by atoms with Crippen LogP contribution in [-0.2, 0) is 0 Å². The van der Waals surface area contributed by atoms with Gasteiger partial charge in [0.2, 0.25) is 0 Å². The van der Waals surface area contributed by atoms with Gasteiger partial charge in [-0.15, -0.1) is 0 Å². The van der Waals surface area contributed by atoms with Gasteiger partial charge >= 0.3 is 0 Å². The Balaban J connectivity index is 2.33. The fraction of sp³-hybridized carbons (Fsp3) is 0. The summed E-state index contributed by atoms with van der Waals surface area (Å²) in [5.74, 6) is -0.541. The van der Waals surface area contributed by atoms with Gasteiger partial charge in [-0.1, -0.05) is 30.3 Å². The minimum Gasteiger partial charge on any atom is -0.361 e. The lowest BCUT2D eigenvalue weighted by atomic mass is 10.1. The van der Waals surface area contributed by atoms with E-state index < -0.39 is 5.82 Å². The first kappa shape index (κ1) is 12.7. The van der Waals surface area contributed by atoms with E-state index in [0.29, 0.717) is 21.8 Å². The van der Waals surface area contributed by atoms with Gasteiger partial charge in [-0.3, -0.25) is 4.79 Å². The van der Waals surface area contributed by atoms with E-state index in [0.717, 1.165) is 0 Å². The summed E-state index contributed by atoms with van der Waals surface area (Å²) in [6.45, 7) is 3.75. The van der Waals surface area contributed by atoms with E-state index in [4.69, 9.17) is 11.6 Å². The van der Waals surface area contributed by atoms with Crippen molar-refractivity contribution in [1.29, 1.82) is 0 Å². The number of rotatable bonds is 1. The Hall–Kier alpha value is -2.33. The summed E-state index contributed by atoms with van der Waals surface area (Å²) < 4.78 is 13.9. The minimum atomic E-state index is -0.541. The predicted octanol–water partition coefficient (Wildman–Crippen LogP) is 1.84. The average Bonchev–Trinajstić information content (AvgIpc) is 2.70. The lowest BCUT2D eigenvalue weighted by molar-refractivity contribution is 0.625. The Bertz CT molecular complexity index is 926. The molecular formula is C15H10ClFN2O. The number of fused-ring (bicyclic) bond motifs is 1. The molecular weight excluding hydrogens is 279 g/mol. The second-order valence-electron chi connectivity index (χ2n) is 4.44. The molecule has 0 fully saturated rings. The summed E-state index contributed by atoms with van der Waals surface area (Å²) in [6, 6.07) is 6.39.